The van der Waals surface area contributed by atoms with Gasteiger partial charge in [-0.1, -0.05) is 53.1 Å². The molecule has 30 heavy (non-hydrogen) atoms. The Hall–Kier alpha value is -2.00. The van der Waals surface area contributed by atoms with E-state index in [1.165, 1.54) is 29.2 Å². The second-order valence-electron chi connectivity index (χ2n) is 7.18. The highest BCUT2D eigenvalue weighted by Gasteiger charge is 2.39. The monoisotopic (exact) mass is 489 g/mol. The molecule has 2 unspecified atom stereocenters. The quantitative estimate of drug-likeness (QED) is 0.347. The minimum Gasteiger partial charge on any atom is -0.481 e. The Morgan fingerprint density at radius 3 is 2.77 bits per heavy atom. The molecule has 9 heteroatoms. The van der Waals surface area contributed by atoms with Gasteiger partial charge in [-0.25, -0.2) is 4.79 Å². The summed E-state index contributed by atoms with van der Waals surface area (Å²) in [5.74, 6) is -4.32. The van der Waals surface area contributed by atoms with Crippen LogP contribution >= 0.6 is 15.9 Å². The van der Waals surface area contributed by atoms with Crippen LogP contribution in [-0.2, 0) is 15.5 Å². The first-order valence-corrected chi connectivity index (χ1v) is 10.7. The number of aliphatic hydroxyl groups is 1. The first-order valence-electron chi connectivity index (χ1n) is 9.87. The molecule has 1 aliphatic rings. The number of carbonyl (C=O) groups is 2. The third-order valence-corrected chi connectivity index (χ3v) is 5.40. The van der Waals surface area contributed by atoms with Gasteiger partial charge in [0.25, 0.3) is 0 Å². The van der Waals surface area contributed by atoms with Crippen LogP contribution in [0, 0.1) is 0 Å². The van der Waals surface area contributed by atoms with Gasteiger partial charge in [-0.05, 0) is 25.0 Å². The second kappa shape index (κ2) is 11.4. The fourth-order valence-corrected chi connectivity index (χ4v) is 3.63. The van der Waals surface area contributed by atoms with Crippen molar-refractivity contribution in [2.75, 3.05) is 13.2 Å². The lowest BCUT2D eigenvalue weighted by atomic mass is 10.0. The molecular weight excluding hydrogens is 464 g/mol. The third kappa shape index (κ3) is 7.05. The van der Waals surface area contributed by atoms with Crippen LogP contribution in [0.25, 0.3) is 0 Å². The SMILES string of the molecule is O=C(O)CCCCCCN1C(=O)OCCC1C=CC(O)C(F)(F)c1cccc(Br)c1. The number of hydrogen-bond donors (Lipinski definition) is 2. The van der Waals surface area contributed by atoms with Gasteiger partial charge in [0.15, 0.2) is 0 Å². The normalized spacial score (nSPS) is 18.5. The maximum absolute atomic E-state index is 14.6. The van der Waals surface area contributed by atoms with Crippen molar-refractivity contribution in [1.29, 1.82) is 0 Å². The summed E-state index contributed by atoms with van der Waals surface area (Å²) in [6.07, 6.45) is 3.15. The van der Waals surface area contributed by atoms with Gasteiger partial charge in [-0.2, -0.15) is 8.78 Å². The number of halogens is 3. The Bertz CT molecular complexity index is 759. The Morgan fingerprint density at radius 2 is 2.07 bits per heavy atom. The fraction of sp³-hybridized carbons (Fsp3) is 0.524. The number of rotatable bonds is 11. The molecule has 6 nitrogen and oxygen atoms in total. The van der Waals surface area contributed by atoms with E-state index in [1.54, 1.807) is 6.07 Å². The highest BCUT2D eigenvalue weighted by Crippen LogP contribution is 2.34. The van der Waals surface area contributed by atoms with Crippen molar-refractivity contribution in [2.24, 2.45) is 0 Å². The average molecular weight is 490 g/mol. The van der Waals surface area contributed by atoms with Crippen molar-refractivity contribution in [3.8, 4) is 0 Å². The number of hydrogen-bond acceptors (Lipinski definition) is 4. The van der Waals surface area contributed by atoms with Gasteiger partial charge in [0.05, 0.1) is 12.6 Å². The van der Waals surface area contributed by atoms with Crippen LogP contribution in [0.1, 0.15) is 44.1 Å². The van der Waals surface area contributed by atoms with E-state index in [1.807, 2.05) is 0 Å². The molecule has 166 valence electrons. The molecule has 1 fully saturated rings. The van der Waals surface area contributed by atoms with Crippen molar-refractivity contribution in [3.63, 3.8) is 0 Å². The average Bonchev–Trinajstić information content (AvgIpc) is 2.69. The van der Waals surface area contributed by atoms with E-state index in [9.17, 15) is 23.5 Å². The lowest BCUT2D eigenvalue weighted by Crippen LogP contribution is -2.45. The number of carboxylic acids is 1. The first kappa shape index (κ1) is 24.3. The minimum absolute atomic E-state index is 0.112. The maximum Gasteiger partial charge on any atom is 0.410 e. The number of aliphatic hydroxyl groups excluding tert-OH is 1. The zero-order valence-electron chi connectivity index (χ0n) is 16.5. The molecule has 0 saturated carbocycles. The zero-order valence-corrected chi connectivity index (χ0v) is 18.1. The number of ether oxygens (including phenoxy) is 1. The van der Waals surface area contributed by atoms with Crippen molar-refractivity contribution in [2.45, 2.75) is 56.6 Å². The Morgan fingerprint density at radius 1 is 1.33 bits per heavy atom. The topological polar surface area (TPSA) is 87.1 Å². The van der Waals surface area contributed by atoms with E-state index < -0.39 is 30.1 Å². The van der Waals surface area contributed by atoms with E-state index >= 15 is 0 Å². The summed E-state index contributed by atoms with van der Waals surface area (Å²) in [6, 6.07) is 5.15. The van der Waals surface area contributed by atoms with Gasteiger partial charge in [-0.15, -0.1) is 0 Å². The summed E-state index contributed by atoms with van der Waals surface area (Å²) >= 11 is 3.15. The van der Waals surface area contributed by atoms with Gasteiger partial charge in [0.1, 0.15) is 6.10 Å². The highest BCUT2D eigenvalue weighted by molar-refractivity contribution is 9.10. The summed E-state index contributed by atoms with van der Waals surface area (Å²) in [5.41, 5.74) is -0.310. The Labute approximate surface area is 182 Å². The van der Waals surface area contributed by atoms with Crippen molar-refractivity contribution < 1.29 is 33.3 Å². The number of aliphatic carboxylic acids is 1. The standard InChI is InChI=1S/C21H26BrF2NO5/c22-16-7-5-6-15(14-16)21(23,24)18(26)10-9-17-11-13-30-20(29)25(17)12-4-2-1-3-8-19(27)28/h5-7,9-10,14,17-18,26H,1-4,8,11-13H2,(H,27,28). The van der Waals surface area contributed by atoms with E-state index in [0.29, 0.717) is 30.3 Å². The number of benzene rings is 1. The van der Waals surface area contributed by atoms with Crippen molar-refractivity contribution >= 4 is 28.0 Å². The molecule has 1 saturated heterocycles. The lowest BCUT2D eigenvalue weighted by molar-refractivity contribution is -0.137. The molecule has 1 aromatic rings. The van der Waals surface area contributed by atoms with Gasteiger partial charge in [-0.3, -0.25) is 4.79 Å². The van der Waals surface area contributed by atoms with E-state index in [4.69, 9.17) is 9.84 Å². The maximum atomic E-state index is 14.6. The van der Waals surface area contributed by atoms with Crippen molar-refractivity contribution in [3.05, 3.63) is 46.5 Å². The summed E-state index contributed by atoms with van der Waals surface area (Å²) in [6.45, 7) is 0.556. The molecule has 1 aliphatic heterocycles. The van der Waals surface area contributed by atoms with Crippen LogP contribution in [0.15, 0.2) is 40.9 Å². The molecule has 2 atom stereocenters. The predicted octanol–water partition coefficient (Wildman–Crippen LogP) is 4.70. The summed E-state index contributed by atoms with van der Waals surface area (Å²) in [4.78, 5) is 24.1. The van der Waals surface area contributed by atoms with E-state index in [2.05, 4.69) is 15.9 Å². The number of unbranched alkanes of at least 4 members (excludes halogenated alkanes) is 3. The van der Waals surface area contributed by atoms with Gasteiger partial charge in [0, 0.05) is 29.4 Å². The van der Waals surface area contributed by atoms with Crippen LogP contribution in [0.4, 0.5) is 13.6 Å². The number of amides is 1. The molecule has 0 aliphatic carbocycles. The third-order valence-electron chi connectivity index (χ3n) is 4.91. The number of carbonyl (C=O) groups excluding carboxylic acids is 1. The molecule has 0 radical (unpaired) electrons. The summed E-state index contributed by atoms with van der Waals surface area (Å²) in [7, 11) is 0. The molecule has 1 heterocycles. The second-order valence-corrected chi connectivity index (χ2v) is 8.10. The van der Waals surface area contributed by atoms with E-state index in [0.717, 1.165) is 18.9 Å². The van der Waals surface area contributed by atoms with Crippen molar-refractivity contribution in [1.82, 2.24) is 4.90 Å². The zero-order chi connectivity index (χ0) is 22.1. The van der Waals surface area contributed by atoms with Gasteiger partial charge < -0.3 is 19.8 Å². The van der Waals surface area contributed by atoms with E-state index in [-0.39, 0.29) is 18.6 Å². The number of cyclic esters (lactones) is 1. The smallest absolute Gasteiger partial charge is 0.410 e. The molecule has 0 bridgehead atoms. The molecule has 1 aromatic carbocycles. The van der Waals surface area contributed by atoms with Crippen LogP contribution in [0.5, 0.6) is 0 Å². The first-order chi connectivity index (χ1) is 14.2. The number of alkyl halides is 2. The fourth-order valence-electron chi connectivity index (χ4n) is 3.23. The molecular formula is C21H26BrF2NO5. The van der Waals surface area contributed by atoms with Gasteiger partial charge in [0.2, 0.25) is 0 Å². The molecule has 2 N–H and O–H groups in total. The van der Waals surface area contributed by atoms with Crippen LogP contribution in [-0.4, -0.2) is 52.5 Å². The largest absolute Gasteiger partial charge is 0.481 e. The predicted molar refractivity (Wildman–Crippen MR) is 110 cm³/mol. The van der Waals surface area contributed by atoms with Crippen LogP contribution < -0.4 is 0 Å². The highest BCUT2D eigenvalue weighted by atomic mass is 79.9. The molecule has 0 aromatic heterocycles. The molecule has 1 amide bonds. The van der Waals surface area contributed by atoms with Crippen LogP contribution in [0.3, 0.4) is 0 Å². The Kier molecular flexibility index (Phi) is 9.23. The Balaban J connectivity index is 1.95. The van der Waals surface area contributed by atoms with Crippen LogP contribution in [0.2, 0.25) is 0 Å². The van der Waals surface area contributed by atoms with Gasteiger partial charge >= 0.3 is 18.0 Å². The minimum atomic E-state index is -3.48. The summed E-state index contributed by atoms with van der Waals surface area (Å²) < 4.78 is 34.7. The summed E-state index contributed by atoms with van der Waals surface area (Å²) in [5, 5.41) is 18.7. The lowest BCUT2D eigenvalue weighted by Gasteiger charge is -2.33. The molecule has 0 spiro atoms. The molecule has 2 rings (SSSR count). The number of carboxylic acid groups (broad SMARTS) is 1. The number of nitrogens with zero attached hydrogens (tertiary/aromatic N) is 1.